The van der Waals surface area contributed by atoms with Crippen LogP contribution in [0, 0.1) is 0 Å². The van der Waals surface area contributed by atoms with Gasteiger partial charge in [-0.15, -0.1) is 0 Å². The number of nitrogens with zero attached hydrogens (tertiary/aromatic N) is 1. The maximum absolute atomic E-state index is 10.6. The zero-order valence-corrected chi connectivity index (χ0v) is 8.79. The third-order valence-electron chi connectivity index (χ3n) is 2.53. The van der Waals surface area contributed by atoms with Gasteiger partial charge in [0.25, 0.3) is 0 Å². The minimum atomic E-state index is -0.0497. The van der Waals surface area contributed by atoms with Gasteiger partial charge in [-0.05, 0) is 19.4 Å². The molecule has 0 aliphatic carbocycles. The zero-order valence-electron chi connectivity index (χ0n) is 8.79. The highest BCUT2D eigenvalue weighted by molar-refractivity contribution is 5.59. The Kier molecular flexibility index (Phi) is 5.75. The van der Waals surface area contributed by atoms with Crippen molar-refractivity contribution in [2.75, 3.05) is 39.9 Å². The molecular weight excluding hydrogens is 180 g/mol. The number of rotatable bonds is 6. The van der Waals surface area contributed by atoms with Crippen LogP contribution >= 0.6 is 0 Å². The summed E-state index contributed by atoms with van der Waals surface area (Å²) in [4.78, 5) is 12.8. The van der Waals surface area contributed by atoms with Gasteiger partial charge in [-0.1, -0.05) is 0 Å². The summed E-state index contributed by atoms with van der Waals surface area (Å²) in [6, 6.07) is -0.0497. The topological polar surface area (TPSA) is 41.6 Å². The molecule has 0 spiro atoms. The fourth-order valence-corrected chi connectivity index (χ4v) is 1.69. The normalized spacial score (nSPS) is 23.6. The summed E-state index contributed by atoms with van der Waals surface area (Å²) >= 11 is 0. The molecule has 1 atom stereocenters. The molecule has 1 heterocycles. The van der Waals surface area contributed by atoms with Crippen molar-refractivity contribution in [3.8, 4) is 0 Å². The monoisotopic (exact) mass is 199 g/mol. The lowest BCUT2D eigenvalue weighted by atomic mass is 10.2. The highest BCUT2D eigenvalue weighted by Crippen LogP contribution is 2.03. The predicted molar refractivity (Wildman–Crippen MR) is 55.0 cm³/mol. The van der Waals surface area contributed by atoms with Crippen LogP contribution in [0.2, 0.25) is 0 Å². The number of methoxy groups -OCH3 is 1. The van der Waals surface area contributed by atoms with E-state index in [4.69, 9.17) is 4.74 Å². The van der Waals surface area contributed by atoms with E-state index in [-0.39, 0.29) is 6.04 Å². The van der Waals surface area contributed by atoms with Gasteiger partial charge in [-0.3, -0.25) is 9.69 Å². The number of unbranched alkanes of at least 4 members (excludes halogenated alkanes) is 1. The lowest BCUT2D eigenvalue weighted by Gasteiger charge is -2.32. The van der Waals surface area contributed by atoms with Gasteiger partial charge in [0.15, 0.2) is 0 Å². The number of piperazine rings is 1. The van der Waals surface area contributed by atoms with Crippen LogP contribution in [0.1, 0.15) is 12.8 Å². The Labute approximate surface area is 85.6 Å². The number of nitrogens with one attached hydrogen (secondary N) is 1. The number of hydrogen-bond donors (Lipinski definition) is 1. The summed E-state index contributed by atoms with van der Waals surface area (Å²) in [6.45, 7) is 4.45. The molecule has 1 N–H and O–H groups in total. The minimum absolute atomic E-state index is 0.0497. The van der Waals surface area contributed by atoms with E-state index in [1.165, 1.54) is 0 Å². The van der Waals surface area contributed by atoms with E-state index in [1.807, 2.05) is 0 Å². The maximum Gasteiger partial charge on any atom is 0.218 e. The molecule has 0 aromatic carbocycles. The molecular formula is C10H19N2O2. The lowest BCUT2D eigenvalue weighted by molar-refractivity contribution is 0.169. The van der Waals surface area contributed by atoms with Crippen molar-refractivity contribution in [3.05, 3.63) is 0 Å². The fourth-order valence-electron chi connectivity index (χ4n) is 1.69. The Balaban J connectivity index is 2.16. The zero-order chi connectivity index (χ0) is 10.2. The molecule has 81 valence electrons. The van der Waals surface area contributed by atoms with Gasteiger partial charge in [0.2, 0.25) is 6.29 Å². The van der Waals surface area contributed by atoms with Gasteiger partial charge < -0.3 is 10.1 Å². The van der Waals surface area contributed by atoms with Crippen LogP contribution in [-0.4, -0.2) is 57.1 Å². The molecule has 0 aromatic rings. The summed E-state index contributed by atoms with van der Waals surface area (Å²) in [5, 5.41) is 3.19. The minimum Gasteiger partial charge on any atom is -0.385 e. The quantitative estimate of drug-likeness (QED) is 0.601. The second kappa shape index (κ2) is 6.92. The van der Waals surface area contributed by atoms with Gasteiger partial charge in [0, 0.05) is 33.4 Å². The molecule has 4 nitrogen and oxygen atoms in total. The third-order valence-corrected chi connectivity index (χ3v) is 2.53. The standard InChI is InChI=1S/C10H19N2O2/c1-14-7-3-2-5-12-6-4-11-8-10(12)9-13/h10-11H,2-8H2,1H3. The Hall–Kier alpha value is -0.450. The number of hydrogen-bond acceptors (Lipinski definition) is 4. The molecule has 1 fully saturated rings. The van der Waals surface area contributed by atoms with E-state index in [0.717, 1.165) is 45.6 Å². The van der Waals surface area contributed by atoms with Gasteiger partial charge in [0.05, 0.1) is 6.04 Å². The largest absolute Gasteiger partial charge is 0.385 e. The SMILES string of the molecule is COCCCCN1CCNCC1[C]=O. The van der Waals surface area contributed by atoms with Crippen molar-refractivity contribution in [3.63, 3.8) is 0 Å². The van der Waals surface area contributed by atoms with E-state index in [1.54, 1.807) is 7.11 Å². The number of carbonyl (C=O) groups excluding carboxylic acids is 1. The van der Waals surface area contributed by atoms with Crippen molar-refractivity contribution in [2.45, 2.75) is 18.9 Å². The average Bonchev–Trinajstić information content (AvgIpc) is 2.25. The summed E-state index contributed by atoms with van der Waals surface area (Å²) in [7, 11) is 1.72. The lowest BCUT2D eigenvalue weighted by Crippen LogP contribution is -2.52. The molecule has 0 aromatic heterocycles. The van der Waals surface area contributed by atoms with Crippen molar-refractivity contribution < 1.29 is 9.53 Å². The van der Waals surface area contributed by atoms with Crippen molar-refractivity contribution in [1.29, 1.82) is 0 Å². The average molecular weight is 199 g/mol. The molecule has 1 aliphatic rings. The first-order chi connectivity index (χ1) is 6.88. The second-order valence-corrected chi connectivity index (χ2v) is 3.57. The molecule has 1 rings (SSSR count). The number of ether oxygens (including phenoxy) is 1. The van der Waals surface area contributed by atoms with Crippen LogP contribution < -0.4 is 5.32 Å². The van der Waals surface area contributed by atoms with Crippen LogP contribution in [0.3, 0.4) is 0 Å². The summed E-state index contributed by atoms with van der Waals surface area (Å²) in [6.07, 6.45) is 4.23. The molecule has 1 radical (unpaired) electrons. The molecule has 1 unspecified atom stereocenters. The van der Waals surface area contributed by atoms with Crippen LogP contribution in [0.4, 0.5) is 0 Å². The van der Waals surface area contributed by atoms with Crippen LogP contribution in [0.5, 0.6) is 0 Å². The fraction of sp³-hybridized carbons (Fsp3) is 0.900. The molecule has 1 saturated heterocycles. The Morgan fingerprint density at radius 3 is 3.14 bits per heavy atom. The molecule has 0 saturated carbocycles. The van der Waals surface area contributed by atoms with E-state index in [2.05, 4.69) is 16.5 Å². The first-order valence-electron chi connectivity index (χ1n) is 5.20. The van der Waals surface area contributed by atoms with E-state index < -0.39 is 0 Å². The highest BCUT2D eigenvalue weighted by atomic mass is 16.5. The second-order valence-electron chi connectivity index (χ2n) is 3.57. The van der Waals surface area contributed by atoms with Crippen LogP contribution in [0.25, 0.3) is 0 Å². The Morgan fingerprint density at radius 2 is 2.43 bits per heavy atom. The molecule has 14 heavy (non-hydrogen) atoms. The molecule has 4 heteroatoms. The van der Waals surface area contributed by atoms with E-state index in [0.29, 0.717) is 0 Å². The first-order valence-corrected chi connectivity index (χ1v) is 5.20. The molecule has 1 aliphatic heterocycles. The Bertz CT molecular complexity index is 164. The smallest absolute Gasteiger partial charge is 0.218 e. The van der Waals surface area contributed by atoms with Crippen LogP contribution in [-0.2, 0) is 9.53 Å². The van der Waals surface area contributed by atoms with Gasteiger partial charge >= 0.3 is 0 Å². The van der Waals surface area contributed by atoms with E-state index >= 15 is 0 Å². The van der Waals surface area contributed by atoms with Crippen molar-refractivity contribution >= 4 is 6.29 Å². The van der Waals surface area contributed by atoms with Gasteiger partial charge in [0.1, 0.15) is 0 Å². The third kappa shape index (κ3) is 3.74. The molecule has 0 amide bonds. The summed E-state index contributed by atoms with van der Waals surface area (Å²) in [5.74, 6) is 0. The van der Waals surface area contributed by atoms with Crippen LogP contribution in [0.15, 0.2) is 0 Å². The Morgan fingerprint density at radius 1 is 1.57 bits per heavy atom. The molecule has 0 bridgehead atoms. The highest BCUT2D eigenvalue weighted by Gasteiger charge is 2.21. The predicted octanol–water partition coefficient (Wildman–Crippen LogP) is -0.203. The maximum atomic E-state index is 10.6. The van der Waals surface area contributed by atoms with Crippen molar-refractivity contribution in [2.24, 2.45) is 0 Å². The van der Waals surface area contributed by atoms with Gasteiger partial charge in [-0.2, -0.15) is 0 Å². The first kappa shape index (κ1) is 11.6. The van der Waals surface area contributed by atoms with E-state index in [9.17, 15) is 4.79 Å². The summed E-state index contributed by atoms with van der Waals surface area (Å²) < 4.78 is 4.98. The summed E-state index contributed by atoms with van der Waals surface area (Å²) in [5.41, 5.74) is 0. The van der Waals surface area contributed by atoms with Gasteiger partial charge in [-0.25, -0.2) is 0 Å². The van der Waals surface area contributed by atoms with Crippen molar-refractivity contribution in [1.82, 2.24) is 10.2 Å².